The molecule has 0 radical (unpaired) electrons. The molecule has 13 heteroatoms. The van der Waals surface area contributed by atoms with Crippen molar-refractivity contribution >= 4 is 12.1 Å². The Labute approximate surface area is 154 Å². The third-order valence-corrected chi connectivity index (χ3v) is 3.78. The topological polar surface area (TPSA) is 77.1 Å². The number of carbonyl (C=O) groups excluding carboxylic acids is 1. The molecule has 28 heavy (non-hydrogen) atoms. The summed E-state index contributed by atoms with van der Waals surface area (Å²) in [5.74, 6) is -0.790. The second-order valence-electron chi connectivity index (χ2n) is 6.23. The van der Waals surface area contributed by atoms with Crippen LogP contribution in [0.1, 0.15) is 35.8 Å². The van der Waals surface area contributed by atoms with Crippen molar-refractivity contribution in [2.45, 2.75) is 44.2 Å². The van der Waals surface area contributed by atoms with Crippen LogP contribution in [-0.4, -0.2) is 37.9 Å². The average molecular weight is 408 g/mol. The molecule has 1 aliphatic rings. The highest BCUT2D eigenvalue weighted by Crippen LogP contribution is 2.42. The summed E-state index contributed by atoms with van der Waals surface area (Å²) in [6.45, 7) is -1.74. The van der Waals surface area contributed by atoms with E-state index in [1.807, 2.05) is 0 Å². The molecule has 0 saturated heterocycles. The van der Waals surface area contributed by atoms with E-state index in [1.54, 1.807) is 0 Å². The van der Waals surface area contributed by atoms with Crippen molar-refractivity contribution in [2.24, 2.45) is 5.10 Å². The summed E-state index contributed by atoms with van der Waals surface area (Å²) in [4.78, 5) is 11.9. The van der Waals surface area contributed by atoms with Crippen LogP contribution in [0.15, 0.2) is 23.4 Å². The lowest BCUT2D eigenvalue weighted by molar-refractivity contribution is -0.143. The van der Waals surface area contributed by atoms with Gasteiger partial charge in [-0.3, -0.25) is 14.2 Å². The predicted molar refractivity (Wildman–Crippen MR) is 83.2 cm³/mol. The number of nitrogens with zero attached hydrogens (tertiary/aromatic N) is 5. The Morgan fingerprint density at radius 1 is 1.25 bits per heavy atom. The molecule has 0 spiro atoms. The number of hydrogen-bond acceptors (Lipinski definition) is 4. The first-order valence-corrected chi connectivity index (χ1v) is 8.08. The van der Waals surface area contributed by atoms with Gasteiger partial charge >= 0.3 is 12.4 Å². The predicted octanol–water partition coefficient (Wildman–Crippen LogP) is 2.69. The van der Waals surface area contributed by atoms with Crippen molar-refractivity contribution in [3.8, 4) is 0 Å². The molecule has 152 valence electrons. The van der Waals surface area contributed by atoms with Crippen LogP contribution in [0.5, 0.6) is 0 Å². The Kier molecular flexibility index (Phi) is 5.17. The van der Waals surface area contributed by atoms with Crippen molar-refractivity contribution in [3.05, 3.63) is 35.4 Å². The summed E-state index contributed by atoms with van der Waals surface area (Å²) in [5.41, 5.74) is 1.42. The van der Waals surface area contributed by atoms with Crippen LogP contribution >= 0.6 is 0 Å². The molecule has 0 unspecified atom stereocenters. The fourth-order valence-electron chi connectivity index (χ4n) is 2.46. The maximum Gasteiger partial charge on any atom is 0.435 e. The third-order valence-electron chi connectivity index (χ3n) is 3.78. The van der Waals surface area contributed by atoms with Gasteiger partial charge in [0.25, 0.3) is 5.91 Å². The van der Waals surface area contributed by atoms with Crippen molar-refractivity contribution < 1.29 is 31.1 Å². The van der Waals surface area contributed by atoms with E-state index in [4.69, 9.17) is 0 Å². The molecule has 7 nitrogen and oxygen atoms in total. The molecule has 2 heterocycles. The normalized spacial score (nSPS) is 15.4. The van der Waals surface area contributed by atoms with E-state index in [2.05, 4.69) is 20.7 Å². The molecule has 0 atom stereocenters. The number of nitrogens with one attached hydrogen (secondary N) is 1. The van der Waals surface area contributed by atoms with Gasteiger partial charge in [0.05, 0.1) is 6.21 Å². The quantitative estimate of drug-likeness (QED) is 0.454. The van der Waals surface area contributed by atoms with Crippen LogP contribution in [0.4, 0.5) is 26.3 Å². The van der Waals surface area contributed by atoms with E-state index in [-0.39, 0.29) is 11.6 Å². The highest BCUT2D eigenvalue weighted by molar-refractivity contribution is 5.80. The summed E-state index contributed by atoms with van der Waals surface area (Å²) in [5, 5.41) is 10.6. The van der Waals surface area contributed by atoms with E-state index >= 15 is 0 Å². The van der Waals surface area contributed by atoms with Gasteiger partial charge in [-0.25, -0.2) is 5.43 Å². The fraction of sp³-hybridized carbons (Fsp3) is 0.467. The van der Waals surface area contributed by atoms with Gasteiger partial charge < -0.3 is 0 Å². The van der Waals surface area contributed by atoms with Crippen molar-refractivity contribution in [1.29, 1.82) is 0 Å². The van der Waals surface area contributed by atoms with Gasteiger partial charge in [0.2, 0.25) is 0 Å². The summed E-state index contributed by atoms with van der Waals surface area (Å²) in [6.07, 6.45) is -5.46. The van der Waals surface area contributed by atoms with E-state index in [1.165, 1.54) is 6.07 Å². The Morgan fingerprint density at radius 3 is 2.57 bits per heavy atom. The van der Waals surface area contributed by atoms with Gasteiger partial charge in [-0.1, -0.05) is 0 Å². The second-order valence-corrected chi connectivity index (χ2v) is 6.23. The van der Waals surface area contributed by atoms with E-state index in [0.717, 1.165) is 36.0 Å². The molecule has 3 rings (SSSR count). The molecular weight excluding hydrogens is 394 g/mol. The zero-order valence-electron chi connectivity index (χ0n) is 14.1. The molecule has 2 aromatic rings. The Hall–Kier alpha value is -2.86. The number of aromatic nitrogens is 4. The zero-order chi connectivity index (χ0) is 20.5. The first-order chi connectivity index (χ1) is 13.0. The van der Waals surface area contributed by atoms with Crippen LogP contribution in [0.3, 0.4) is 0 Å². The lowest BCUT2D eigenvalue weighted by atomic mass is 10.2. The molecule has 1 amide bonds. The molecular formula is C15H14F6N6O. The van der Waals surface area contributed by atoms with Crippen LogP contribution < -0.4 is 5.43 Å². The Bertz CT molecular complexity index is 876. The van der Waals surface area contributed by atoms with Gasteiger partial charge in [-0.15, -0.1) is 0 Å². The summed E-state index contributed by atoms with van der Waals surface area (Å²) < 4.78 is 76.9. The second kappa shape index (κ2) is 7.28. The largest absolute Gasteiger partial charge is 0.435 e. The molecule has 2 aromatic heterocycles. The number of carbonyl (C=O) groups is 1. The minimum atomic E-state index is -4.61. The van der Waals surface area contributed by atoms with E-state index in [9.17, 15) is 31.1 Å². The lowest BCUT2D eigenvalue weighted by Gasteiger charge is -2.05. The van der Waals surface area contributed by atoms with E-state index < -0.39 is 37.0 Å². The molecule has 1 N–H and O–H groups in total. The summed E-state index contributed by atoms with van der Waals surface area (Å²) in [7, 11) is 0. The van der Waals surface area contributed by atoms with Crippen molar-refractivity contribution in [2.75, 3.05) is 0 Å². The van der Waals surface area contributed by atoms with Gasteiger partial charge in [0.1, 0.15) is 18.8 Å². The first kappa shape index (κ1) is 19.9. The van der Waals surface area contributed by atoms with E-state index in [0.29, 0.717) is 10.4 Å². The third kappa shape index (κ3) is 5.33. The van der Waals surface area contributed by atoms with Gasteiger partial charge in [-0.2, -0.15) is 41.6 Å². The number of rotatable bonds is 6. The molecule has 0 aromatic carbocycles. The summed E-state index contributed by atoms with van der Waals surface area (Å²) in [6, 6.07) is 2.19. The molecule has 1 aliphatic carbocycles. The van der Waals surface area contributed by atoms with Crippen LogP contribution in [0.25, 0.3) is 0 Å². The number of amides is 1. The molecule has 1 fully saturated rings. The Balaban J connectivity index is 1.59. The Morgan fingerprint density at radius 2 is 1.96 bits per heavy atom. The highest BCUT2D eigenvalue weighted by Gasteiger charge is 2.38. The maximum atomic E-state index is 12.8. The van der Waals surface area contributed by atoms with Gasteiger partial charge in [0, 0.05) is 17.8 Å². The van der Waals surface area contributed by atoms with Gasteiger partial charge in [-0.05, 0) is 25.0 Å². The van der Waals surface area contributed by atoms with Crippen molar-refractivity contribution in [1.82, 2.24) is 25.0 Å². The number of alkyl halides is 6. The molecule has 0 bridgehead atoms. The first-order valence-electron chi connectivity index (χ1n) is 8.08. The smallest absolute Gasteiger partial charge is 0.271 e. The standard InChI is InChI=1S/C15H14F6N6O/c16-14(17,18)8-26-4-3-10(24-26)6-22-23-13(28)7-27-11(9-1-2-9)5-12(25-27)15(19,20)21/h3-6,9H,1-2,7-8H2,(H,23,28)/b22-6+. The minimum absolute atomic E-state index is 0.0579. The fourth-order valence-corrected chi connectivity index (χ4v) is 2.46. The lowest BCUT2D eigenvalue weighted by Crippen LogP contribution is -2.25. The maximum absolute atomic E-state index is 12.8. The van der Waals surface area contributed by atoms with Crippen molar-refractivity contribution in [3.63, 3.8) is 0 Å². The van der Waals surface area contributed by atoms with Crippen LogP contribution in [0.2, 0.25) is 0 Å². The number of hydrogen-bond donors (Lipinski definition) is 1. The monoisotopic (exact) mass is 408 g/mol. The number of halogens is 6. The SMILES string of the molecule is O=C(Cn1nc(C(F)(F)F)cc1C1CC1)N/N=C/c1ccn(CC(F)(F)F)n1. The van der Waals surface area contributed by atoms with Crippen LogP contribution in [0, 0.1) is 0 Å². The highest BCUT2D eigenvalue weighted by atomic mass is 19.4. The number of hydrazone groups is 1. The molecule has 1 saturated carbocycles. The summed E-state index contributed by atoms with van der Waals surface area (Å²) >= 11 is 0. The zero-order valence-corrected chi connectivity index (χ0v) is 14.1. The molecule has 0 aliphatic heterocycles. The average Bonchev–Trinajstić information content (AvgIpc) is 3.15. The minimum Gasteiger partial charge on any atom is -0.271 e. The van der Waals surface area contributed by atoms with Gasteiger partial charge in [0.15, 0.2) is 5.69 Å². The van der Waals surface area contributed by atoms with Crippen LogP contribution in [-0.2, 0) is 24.1 Å².